The first-order chi connectivity index (χ1) is 9.75. The predicted molar refractivity (Wildman–Crippen MR) is 84.5 cm³/mol. The lowest BCUT2D eigenvalue weighted by molar-refractivity contribution is 0.195. The van der Waals surface area contributed by atoms with Crippen LogP contribution in [-0.4, -0.2) is 16.6 Å². The van der Waals surface area contributed by atoms with Gasteiger partial charge in [-0.15, -0.1) is 11.3 Å². The highest BCUT2D eigenvalue weighted by Gasteiger charge is 2.10. The average molecular weight is 305 g/mol. The van der Waals surface area contributed by atoms with Crippen molar-refractivity contribution in [3.63, 3.8) is 0 Å². The number of nitrogens with zero attached hydrogens (tertiary/aromatic N) is 1. The Kier molecular flexibility index (Phi) is 3.87. The number of aliphatic hydroxyl groups excluding tert-OH is 1. The molecule has 0 fully saturated rings. The number of aliphatic hydroxyl groups is 1. The maximum absolute atomic E-state index is 10.1. The van der Waals surface area contributed by atoms with Gasteiger partial charge in [0.05, 0.1) is 16.2 Å². The van der Waals surface area contributed by atoms with Crippen LogP contribution in [0.15, 0.2) is 48.0 Å². The third-order valence-electron chi connectivity index (χ3n) is 3.07. The van der Waals surface area contributed by atoms with Crippen LogP contribution in [0, 0.1) is 0 Å². The minimum Gasteiger partial charge on any atom is -0.386 e. The number of pyridine rings is 1. The quantitative estimate of drug-likeness (QED) is 0.763. The molecule has 2 heterocycles. The Morgan fingerprint density at radius 3 is 2.95 bits per heavy atom. The predicted octanol–water partition coefficient (Wildman–Crippen LogP) is 4.10. The number of aromatic nitrogens is 1. The van der Waals surface area contributed by atoms with Crippen molar-refractivity contribution >= 4 is 39.5 Å². The highest BCUT2D eigenvalue weighted by molar-refractivity contribution is 7.10. The lowest BCUT2D eigenvalue weighted by Crippen LogP contribution is -2.11. The van der Waals surface area contributed by atoms with Gasteiger partial charge in [-0.25, -0.2) is 0 Å². The smallest absolute Gasteiger partial charge is 0.105 e. The zero-order valence-corrected chi connectivity index (χ0v) is 12.2. The van der Waals surface area contributed by atoms with Crippen LogP contribution in [0.3, 0.4) is 0 Å². The van der Waals surface area contributed by atoms with E-state index in [1.54, 1.807) is 17.5 Å². The summed E-state index contributed by atoms with van der Waals surface area (Å²) in [6.45, 7) is 0.438. The summed E-state index contributed by atoms with van der Waals surface area (Å²) in [5.74, 6) is 0. The standard InChI is InChI=1S/C15H13ClN2OS/c16-11-5-6-12(15-10(11)3-1-7-17-15)18-9-13(19)14-4-2-8-20-14/h1-8,13,18-19H,9H2. The molecule has 1 unspecified atom stereocenters. The van der Waals surface area contributed by atoms with Crippen LogP contribution in [0.4, 0.5) is 5.69 Å². The molecule has 0 bridgehead atoms. The molecule has 2 N–H and O–H groups in total. The van der Waals surface area contributed by atoms with Crippen molar-refractivity contribution in [2.75, 3.05) is 11.9 Å². The Bertz CT molecular complexity index is 715. The van der Waals surface area contributed by atoms with Gasteiger partial charge in [0.1, 0.15) is 6.10 Å². The molecule has 1 aromatic carbocycles. The van der Waals surface area contributed by atoms with Crippen molar-refractivity contribution in [1.29, 1.82) is 0 Å². The van der Waals surface area contributed by atoms with Crippen LogP contribution >= 0.6 is 22.9 Å². The zero-order valence-electron chi connectivity index (χ0n) is 10.6. The first-order valence-electron chi connectivity index (χ1n) is 6.24. The largest absolute Gasteiger partial charge is 0.386 e. The van der Waals surface area contributed by atoms with Gasteiger partial charge in [0.15, 0.2) is 0 Å². The van der Waals surface area contributed by atoms with Gasteiger partial charge < -0.3 is 10.4 Å². The van der Waals surface area contributed by atoms with Gasteiger partial charge in [-0.3, -0.25) is 4.98 Å². The summed E-state index contributed by atoms with van der Waals surface area (Å²) in [5.41, 5.74) is 1.69. The Labute approximate surface area is 125 Å². The monoisotopic (exact) mass is 304 g/mol. The van der Waals surface area contributed by atoms with E-state index in [1.807, 2.05) is 41.8 Å². The molecule has 0 aliphatic carbocycles. The molecule has 20 heavy (non-hydrogen) atoms. The second-order valence-electron chi connectivity index (χ2n) is 4.41. The molecule has 0 saturated carbocycles. The lowest BCUT2D eigenvalue weighted by atomic mass is 10.2. The molecule has 5 heteroatoms. The summed E-state index contributed by atoms with van der Waals surface area (Å²) in [7, 11) is 0. The average Bonchev–Trinajstić information content (AvgIpc) is 3.01. The molecule has 1 atom stereocenters. The Balaban J connectivity index is 1.83. The van der Waals surface area contributed by atoms with E-state index in [0.29, 0.717) is 11.6 Å². The number of hydrogen-bond donors (Lipinski definition) is 2. The summed E-state index contributed by atoms with van der Waals surface area (Å²) < 4.78 is 0. The SMILES string of the molecule is OC(CNc1ccc(Cl)c2cccnc12)c1cccs1. The summed E-state index contributed by atoms with van der Waals surface area (Å²) in [6, 6.07) is 11.4. The van der Waals surface area contributed by atoms with E-state index in [2.05, 4.69) is 10.3 Å². The molecule has 0 spiro atoms. The van der Waals surface area contributed by atoms with E-state index < -0.39 is 6.10 Å². The van der Waals surface area contributed by atoms with Gasteiger partial charge in [-0.2, -0.15) is 0 Å². The van der Waals surface area contributed by atoms with Gasteiger partial charge in [0.25, 0.3) is 0 Å². The highest BCUT2D eigenvalue weighted by atomic mass is 35.5. The van der Waals surface area contributed by atoms with Gasteiger partial charge in [-0.1, -0.05) is 17.7 Å². The van der Waals surface area contributed by atoms with Crippen LogP contribution in [0.2, 0.25) is 5.02 Å². The van der Waals surface area contributed by atoms with Crippen LogP contribution in [0.1, 0.15) is 11.0 Å². The summed E-state index contributed by atoms with van der Waals surface area (Å²) in [5, 5.41) is 16.9. The van der Waals surface area contributed by atoms with Crippen LogP contribution in [0.5, 0.6) is 0 Å². The molecule has 3 rings (SSSR count). The molecule has 0 amide bonds. The van der Waals surface area contributed by atoms with Gasteiger partial charge in [0, 0.05) is 23.0 Å². The van der Waals surface area contributed by atoms with E-state index in [4.69, 9.17) is 11.6 Å². The Morgan fingerprint density at radius 1 is 1.25 bits per heavy atom. The van der Waals surface area contributed by atoms with Gasteiger partial charge >= 0.3 is 0 Å². The fraction of sp³-hybridized carbons (Fsp3) is 0.133. The maximum atomic E-state index is 10.1. The fourth-order valence-electron chi connectivity index (χ4n) is 2.07. The van der Waals surface area contributed by atoms with Gasteiger partial charge in [-0.05, 0) is 35.7 Å². The van der Waals surface area contributed by atoms with E-state index in [-0.39, 0.29) is 0 Å². The molecule has 0 radical (unpaired) electrons. The van der Waals surface area contributed by atoms with Crippen LogP contribution in [0.25, 0.3) is 10.9 Å². The third kappa shape index (κ3) is 2.63. The van der Waals surface area contributed by atoms with E-state index in [1.165, 1.54) is 0 Å². The molecular formula is C15H13ClN2OS. The minimum absolute atomic E-state index is 0.438. The molecule has 3 nitrogen and oxygen atoms in total. The van der Waals surface area contributed by atoms with Crippen molar-refractivity contribution in [3.05, 3.63) is 57.9 Å². The number of halogens is 1. The fourth-order valence-corrected chi connectivity index (χ4v) is 3.00. The molecule has 2 aromatic heterocycles. The Morgan fingerprint density at radius 2 is 2.15 bits per heavy atom. The summed E-state index contributed by atoms with van der Waals surface area (Å²) in [6.07, 6.45) is 1.21. The normalized spacial score (nSPS) is 12.5. The van der Waals surface area contributed by atoms with Crippen molar-refractivity contribution in [2.45, 2.75) is 6.10 Å². The molecule has 0 aliphatic rings. The number of nitrogens with one attached hydrogen (secondary N) is 1. The van der Waals surface area contributed by atoms with Crippen LogP contribution in [-0.2, 0) is 0 Å². The second-order valence-corrected chi connectivity index (χ2v) is 5.79. The molecular weight excluding hydrogens is 292 g/mol. The molecule has 102 valence electrons. The number of anilines is 1. The number of rotatable bonds is 4. The zero-order chi connectivity index (χ0) is 13.9. The van der Waals surface area contributed by atoms with Crippen molar-refractivity contribution in [1.82, 2.24) is 4.98 Å². The minimum atomic E-state index is -0.524. The molecule has 3 aromatic rings. The number of hydrogen-bond acceptors (Lipinski definition) is 4. The number of thiophene rings is 1. The number of benzene rings is 1. The first-order valence-corrected chi connectivity index (χ1v) is 7.50. The molecule has 0 aliphatic heterocycles. The highest BCUT2D eigenvalue weighted by Crippen LogP contribution is 2.28. The van der Waals surface area contributed by atoms with E-state index in [9.17, 15) is 5.11 Å². The van der Waals surface area contributed by atoms with Crippen molar-refractivity contribution < 1.29 is 5.11 Å². The van der Waals surface area contributed by atoms with Gasteiger partial charge in [0.2, 0.25) is 0 Å². The van der Waals surface area contributed by atoms with Crippen molar-refractivity contribution in [3.8, 4) is 0 Å². The lowest BCUT2D eigenvalue weighted by Gasteiger charge is -2.13. The third-order valence-corrected chi connectivity index (χ3v) is 4.38. The van der Waals surface area contributed by atoms with E-state index in [0.717, 1.165) is 21.5 Å². The topological polar surface area (TPSA) is 45.1 Å². The second kappa shape index (κ2) is 5.79. The van der Waals surface area contributed by atoms with Crippen LogP contribution < -0.4 is 5.32 Å². The molecule has 0 saturated heterocycles. The first kappa shape index (κ1) is 13.4. The summed E-state index contributed by atoms with van der Waals surface area (Å²) >= 11 is 7.70. The summed E-state index contributed by atoms with van der Waals surface area (Å²) in [4.78, 5) is 5.30. The Hall–Kier alpha value is -1.62. The maximum Gasteiger partial charge on any atom is 0.105 e. The van der Waals surface area contributed by atoms with E-state index >= 15 is 0 Å². The number of fused-ring (bicyclic) bond motifs is 1. The van der Waals surface area contributed by atoms with Crippen molar-refractivity contribution in [2.24, 2.45) is 0 Å².